The Morgan fingerprint density at radius 2 is 1.79 bits per heavy atom. The molecule has 0 atom stereocenters. The van der Waals surface area contributed by atoms with E-state index in [1.807, 2.05) is 44.2 Å². The second kappa shape index (κ2) is 7.63. The van der Waals surface area contributed by atoms with Crippen molar-refractivity contribution in [3.63, 3.8) is 0 Å². The molecule has 0 aliphatic carbocycles. The highest BCUT2D eigenvalue weighted by molar-refractivity contribution is 6.03. The third kappa shape index (κ3) is 3.75. The first-order valence-electron chi connectivity index (χ1n) is 9.20. The number of amides is 1. The Kier molecular flexibility index (Phi) is 4.87. The molecule has 0 aliphatic heterocycles. The van der Waals surface area contributed by atoms with Crippen LogP contribution in [0.3, 0.4) is 0 Å². The molecule has 1 amide bonds. The summed E-state index contributed by atoms with van der Waals surface area (Å²) < 4.78 is 8.95. The van der Waals surface area contributed by atoms with Gasteiger partial charge < -0.3 is 14.3 Å². The molecule has 1 aromatic carbocycles. The third-order valence-electron chi connectivity index (χ3n) is 4.64. The molecular weight excluding hydrogens is 368 g/mol. The molecule has 0 unspecified atom stereocenters. The minimum absolute atomic E-state index is 0.130. The van der Waals surface area contributed by atoms with Gasteiger partial charge in [-0.1, -0.05) is 24.3 Å². The zero-order valence-corrected chi connectivity index (χ0v) is 16.1. The number of carbonyl (C=O) groups excluding carboxylic acids is 1. The van der Waals surface area contributed by atoms with Gasteiger partial charge in [0.25, 0.3) is 11.5 Å². The summed E-state index contributed by atoms with van der Waals surface area (Å²) in [6.45, 7) is 4.01. The monoisotopic (exact) mass is 388 g/mol. The first-order valence-corrected chi connectivity index (χ1v) is 9.20. The van der Waals surface area contributed by atoms with Crippen LogP contribution in [0.2, 0.25) is 0 Å². The summed E-state index contributed by atoms with van der Waals surface area (Å²) in [5.74, 6) is 0.336. The molecule has 29 heavy (non-hydrogen) atoms. The molecule has 0 radical (unpaired) electrons. The van der Waals surface area contributed by atoms with Crippen LogP contribution in [-0.2, 0) is 6.54 Å². The lowest BCUT2D eigenvalue weighted by Gasteiger charge is -2.06. The number of furan rings is 1. The van der Waals surface area contributed by atoms with E-state index in [0.29, 0.717) is 17.1 Å². The Balaban J connectivity index is 1.53. The lowest BCUT2D eigenvalue weighted by atomic mass is 10.3. The normalized spacial score (nSPS) is 10.8. The Morgan fingerprint density at radius 1 is 1.03 bits per heavy atom. The molecule has 0 saturated carbocycles. The number of pyridine rings is 1. The van der Waals surface area contributed by atoms with Crippen LogP contribution in [0.25, 0.3) is 5.69 Å². The van der Waals surface area contributed by atoms with Gasteiger partial charge in [0.05, 0.1) is 29.3 Å². The fourth-order valence-corrected chi connectivity index (χ4v) is 3.16. The molecule has 3 aromatic heterocycles. The second-order valence-corrected chi connectivity index (χ2v) is 6.68. The van der Waals surface area contributed by atoms with Gasteiger partial charge >= 0.3 is 0 Å². The second-order valence-electron chi connectivity index (χ2n) is 6.68. The number of aromatic nitrogens is 3. The van der Waals surface area contributed by atoms with E-state index in [-0.39, 0.29) is 23.8 Å². The average molecular weight is 388 g/mol. The smallest absolute Gasteiger partial charge is 0.291 e. The molecular formula is C22H20N4O3. The van der Waals surface area contributed by atoms with Crippen molar-refractivity contribution in [2.75, 3.05) is 5.32 Å². The molecule has 4 aromatic rings. The SMILES string of the molecule is Cc1nn(-c2ccccc2)c(C)c1NC(=O)c1ccc(Cn2ccccc2=O)o1. The van der Waals surface area contributed by atoms with Gasteiger partial charge in [-0.25, -0.2) is 4.68 Å². The maximum absolute atomic E-state index is 12.7. The number of hydrogen-bond acceptors (Lipinski definition) is 4. The van der Waals surface area contributed by atoms with E-state index in [0.717, 1.165) is 11.4 Å². The lowest BCUT2D eigenvalue weighted by molar-refractivity contribution is 0.0994. The van der Waals surface area contributed by atoms with E-state index in [1.165, 1.54) is 10.6 Å². The number of nitrogens with one attached hydrogen (secondary N) is 1. The van der Waals surface area contributed by atoms with Crippen LogP contribution >= 0.6 is 0 Å². The largest absolute Gasteiger partial charge is 0.454 e. The summed E-state index contributed by atoms with van der Waals surface area (Å²) in [7, 11) is 0. The van der Waals surface area contributed by atoms with Crippen LogP contribution in [0.5, 0.6) is 0 Å². The summed E-state index contributed by atoms with van der Waals surface area (Å²) in [5.41, 5.74) is 2.97. The van der Waals surface area contributed by atoms with Gasteiger partial charge in [0, 0.05) is 12.3 Å². The van der Waals surface area contributed by atoms with Crippen LogP contribution in [0, 0.1) is 13.8 Å². The van der Waals surface area contributed by atoms with Gasteiger partial charge in [0.15, 0.2) is 5.76 Å². The summed E-state index contributed by atoms with van der Waals surface area (Å²) in [6, 6.07) is 18.0. The highest BCUT2D eigenvalue weighted by Crippen LogP contribution is 2.23. The van der Waals surface area contributed by atoms with Gasteiger partial charge in [-0.2, -0.15) is 5.10 Å². The molecule has 0 bridgehead atoms. The first kappa shape index (κ1) is 18.5. The average Bonchev–Trinajstić information content (AvgIpc) is 3.30. The number of aryl methyl sites for hydroxylation is 1. The van der Waals surface area contributed by atoms with E-state index in [9.17, 15) is 9.59 Å². The fourth-order valence-electron chi connectivity index (χ4n) is 3.16. The van der Waals surface area contributed by atoms with Crippen molar-refractivity contribution in [3.8, 4) is 5.69 Å². The molecule has 7 heteroatoms. The Hall–Kier alpha value is -3.87. The van der Waals surface area contributed by atoms with Crippen molar-refractivity contribution in [3.05, 3.63) is 100 Å². The summed E-state index contributed by atoms with van der Waals surface area (Å²) in [4.78, 5) is 24.5. The predicted molar refractivity (Wildman–Crippen MR) is 110 cm³/mol. The standard InChI is InChI=1S/C22H20N4O3/c1-15-21(16(2)26(24-15)17-8-4-3-5-9-17)23-22(28)19-12-11-18(29-19)14-25-13-7-6-10-20(25)27/h3-13H,14H2,1-2H3,(H,23,28). The quantitative estimate of drug-likeness (QED) is 0.567. The summed E-state index contributed by atoms with van der Waals surface area (Å²) >= 11 is 0. The van der Waals surface area contributed by atoms with Crippen molar-refractivity contribution >= 4 is 11.6 Å². The number of para-hydroxylation sites is 1. The van der Waals surface area contributed by atoms with Crippen molar-refractivity contribution in [2.24, 2.45) is 0 Å². The van der Waals surface area contributed by atoms with Crippen molar-refractivity contribution < 1.29 is 9.21 Å². The minimum atomic E-state index is -0.365. The van der Waals surface area contributed by atoms with Gasteiger partial charge in [-0.15, -0.1) is 0 Å². The van der Waals surface area contributed by atoms with Crippen LogP contribution in [0.1, 0.15) is 27.7 Å². The molecule has 7 nitrogen and oxygen atoms in total. The van der Waals surface area contributed by atoms with E-state index in [2.05, 4.69) is 10.4 Å². The molecule has 0 spiro atoms. The van der Waals surface area contributed by atoms with Crippen LogP contribution in [0.15, 0.2) is 76.1 Å². The van der Waals surface area contributed by atoms with Gasteiger partial charge in [-0.3, -0.25) is 9.59 Å². The molecule has 0 aliphatic rings. The number of hydrogen-bond donors (Lipinski definition) is 1. The fraction of sp³-hybridized carbons (Fsp3) is 0.136. The van der Waals surface area contributed by atoms with Gasteiger partial charge in [0.1, 0.15) is 5.76 Å². The summed E-state index contributed by atoms with van der Waals surface area (Å²) in [5, 5.41) is 7.42. The summed E-state index contributed by atoms with van der Waals surface area (Å²) in [6.07, 6.45) is 1.68. The molecule has 4 rings (SSSR count). The Labute approximate surface area is 167 Å². The number of anilines is 1. The Bertz CT molecular complexity index is 1220. The first-order chi connectivity index (χ1) is 14.0. The zero-order chi connectivity index (χ0) is 20.4. The molecule has 0 saturated heterocycles. The zero-order valence-electron chi connectivity index (χ0n) is 16.1. The van der Waals surface area contributed by atoms with Crippen molar-refractivity contribution in [1.82, 2.24) is 14.3 Å². The van der Waals surface area contributed by atoms with E-state index in [1.54, 1.807) is 35.1 Å². The minimum Gasteiger partial charge on any atom is -0.454 e. The van der Waals surface area contributed by atoms with E-state index >= 15 is 0 Å². The number of carbonyl (C=O) groups is 1. The van der Waals surface area contributed by atoms with Crippen LogP contribution in [0.4, 0.5) is 5.69 Å². The maximum atomic E-state index is 12.7. The van der Waals surface area contributed by atoms with E-state index < -0.39 is 0 Å². The predicted octanol–water partition coefficient (Wildman–Crippen LogP) is 3.54. The lowest BCUT2D eigenvalue weighted by Crippen LogP contribution is -2.18. The molecule has 0 fully saturated rings. The van der Waals surface area contributed by atoms with Crippen molar-refractivity contribution in [1.29, 1.82) is 0 Å². The van der Waals surface area contributed by atoms with E-state index in [4.69, 9.17) is 4.42 Å². The Morgan fingerprint density at radius 3 is 2.55 bits per heavy atom. The van der Waals surface area contributed by atoms with Gasteiger partial charge in [0.2, 0.25) is 0 Å². The maximum Gasteiger partial charge on any atom is 0.291 e. The van der Waals surface area contributed by atoms with Crippen LogP contribution in [-0.4, -0.2) is 20.3 Å². The topological polar surface area (TPSA) is 82.1 Å². The molecule has 3 heterocycles. The number of rotatable bonds is 5. The van der Waals surface area contributed by atoms with Crippen LogP contribution < -0.4 is 10.9 Å². The van der Waals surface area contributed by atoms with Gasteiger partial charge in [-0.05, 0) is 44.2 Å². The number of nitrogens with zero attached hydrogens (tertiary/aromatic N) is 3. The molecule has 1 N–H and O–H groups in total. The highest BCUT2D eigenvalue weighted by Gasteiger charge is 2.18. The number of benzene rings is 1. The van der Waals surface area contributed by atoms with Crippen molar-refractivity contribution in [2.45, 2.75) is 20.4 Å². The third-order valence-corrected chi connectivity index (χ3v) is 4.64. The molecule has 146 valence electrons. The highest BCUT2D eigenvalue weighted by atomic mass is 16.4.